The van der Waals surface area contributed by atoms with Gasteiger partial charge in [-0.1, -0.05) is 18.2 Å². The predicted octanol–water partition coefficient (Wildman–Crippen LogP) is 4.23. The molecule has 3 heterocycles. The number of rotatable bonds is 6. The molecule has 8 nitrogen and oxygen atoms in total. The number of nitrogens with zero attached hydrogens (tertiary/aromatic N) is 5. The zero-order chi connectivity index (χ0) is 26.0. The first-order valence-corrected chi connectivity index (χ1v) is 11.8. The third-order valence-corrected chi connectivity index (χ3v) is 6.24. The van der Waals surface area contributed by atoms with Gasteiger partial charge in [0.15, 0.2) is 0 Å². The third kappa shape index (κ3) is 5.83. The number of likely N-dealkylation sites (N-methyl/N-ethyl adjacent to an activating group) is 1. The van der Waals surface area contributed by atoms with Gasteiger partial charge in [-0.3, -0.25) is 9.36 Å². The monoisotopic (exact) mass is 510 g/mol. The average Bonchev–Trinajstić information content (AvgIpc) is 2.87. The molecular weight excluding hydrogens is 485 g/mol. The van der Waals surface area contributed by atoms with Crippen LogP contribution in [0.5, 0.6) is 5.75 Å². The highest BCUT2D eigenvalue weighted by Gasteiger charge is 2.32. The lowest BCUT2D eigenvalue weighted by atomic mass is 10.2. The van der Waals surface area contributed by atoms with E-state index in [0.29, 0.717) is 11.0 Å². The number of aromatic nitrogens is 3. The fourth-order valence-electron chi connectivity index (χ4n) is 4.26. The quantitative estimate of drug-likeness (QED) is 0.416. The zero-order valence-corrected chi connectivity index (χ0v) is 20.1. The maximum absolute atomic E-state index is 12.9. The number of benzene rings is 2. The van der Waals surface area contributed by atoms with Gasteiger partial charge in [-0.05, 0) is 43.4 Å². The molecule has 1 saturated heterocycles. The molecule has 0 radical (unpaired) electrons. The van der Waals surface area contributed by atoms with E-state index in [2.05, 4.69) is 36.9 Å². The van der Waals surface area contributed by atoms with E-state index in [1.807, 2.05) is 24.3 Å². The van der Waals surface area contributed by atoms with Crippen LogP contribution in [0.2, 0.25) is 0 Å². The van der Waals surface area contributed by atoms with Crippen molar-refractivity contribution in [1.82, 2.24) is 19.4 Å². The molecule has 0 atom stereocenters. The van der Waals surface area contributed by atoms with Gasteiger partial charge in [0.2, 0.25) is 5.95 Å². The number of hydrogen-bond acceptors (Lipinski definition) is 7. The Morgan fingerprint density at radius 1 is 0.973 bits per heavy atom. The summed E-state index contributed by atoms with van der Waals surface area (Å²) in [6.07, 6.45) is -3.28. The summed E-state index contributed by atoms with van der Waals surface area (Å²) in [5.41, 5.74) is 1.98. The van der Waals surface area contributed by atoms with Crippen LogP contribution in [-0.2, 0) is 6.54 Å². The molecule has 1 fully saturated rings. The standard InChI is InChI=1S/C26H25F3N6O2/c1-33-12-14-34(15-13-33)21-9-7-20(8-10-21)31-25-30-16-18-6-11-23(36)35(24(18)32-25)17-19-4-2-3-5-22(19)37-26(27,28)29/h2-11,16H,12-15,17H2,1H3,(H,30,31,32). The van der Waals surface area contributed by atoms with Crippen molar-refractivity contribution >= 4 is 28.4 Å². The first-order valence-electron chi connectivity index (χ1n) is 11.8. The highest BCUT2D eigenvalue weighted by Crippen LogP contribution is 2.27. The van der Waals surface area contributed by atoms with Crippen LogP contribution in [0.3, 0.4) is 0 Å². The summed E-state index contributed by atoms with van der Waals surface area (Å²) in [7, 11) is 2.11. The van der Waals surface area contributed by atoms with E-state index in [4.69, 9.17) is 0 Å². The van der Waals surface area contributed by atoms with Crippen LogP contribution in [0.1, 0.15) is 5.56 Å². The Morgan fingerprint density at radius 3 is 2.43 bits per heavy atom. The lowest BCUT2D eigenvalue weighted by Gasteiger charge is -2.34. The number of piperazine rings is 1. The molecule has 0 aliphatic carbocycles. The van der Waals surface area contributed by atoms with Gasteiger partial charge in [-0.25, -0.2) is 4.98 Å². The van der Waals surface area contributed by atoms with Crippen LogP contribution in [0.15, 0.2) is 71.7 Å². The number of alkyl halides is 3. The van der Waals surface area contributed by atoms with Gasteiger partial charge >= 0.3 is 6.36 Å². The molecule has 0 amide bonds. The van der Waals surface area contributed by atoms with Gasteiger partial charge in [0, 0.05) is 60.8 Å². The number of pyridine rings is 1. The second-order valence-corrected chi connectivity index (χ2v) is 8.85. The van der Waals surface area contributed by atoms with E-state index in [1.165, 1.54) is 28.8 Å². The first kappa shape index (κ1) is 24.6. The van der Waals surface area contributed by atoms with Gasteiger partial charge in [0.05, 0.1) is 6.54 Å². The number of hydrogen-bond donors (Lipinski definition) is 1. The first-order chi connectivity index (χ1) is 17.7. The molecule has 1 N–H and O–H groups in total. The maximum atomic E-state index is 12.9. The summed E-state index contributed by atoms with van der Waals surface area (Å²) in [5.74, 6) is -0.106. The van der Waals surface area contributed by atoms with Crippen molar-refractivity contribution in [3.63, 3.8) is 0 Å². The minimum atomic E-state index is -4.85. The SMILES string of the molecule is CN1CCN(c2ccc(Nc3ncc4ccc(=O)n(Cc5ccccc5OC(F)(F)F)c4n3)cc2)CC1. The average molecular weight is 511 g/mol. The molecule has 11 heteroatoms. The van der Waals surface area contributed by atoms with Crippen LogP contribution in [0.25, 0.3) is 11.0 Å². The van der Waals surface area contributed by atoms with E-state index in [0.717, 1.165) is 37.6 Å². The van der Waals surface area contributed by atoms with Crippen molar-refractivity contribution in [2.24, 2.45) is 0 Å². The number of ether oxygens (including phenoxy) is 1. The predicted molar refractivity (Wildman–Crippen MR) is 135 cm³/mol. The molecular formula is C26H25F3N6O2. The summed E-state index contributed by atoms with van der Waals surface area (Å²) in [6, 6.07) is 16.6. The maximum Gasteiger partial charge on any atom is 0.573 e. The Balaban J connectivity index is 1.40. The molecule has 5 rings (SSSR count). The van der Waals surface area contributed by atoms with Crippen LogP contribution < -0.4 is 20.5 Å². The molecule has 0 spiro atoms. The highest BCUT2D eigenvalue weighted by molar-refractivity contribution is 5.76. The molecule has 1 aliphatic heterocycles. The topological polar surface area (TPSA) is 75.5 Å². The normalized spacial score (nSPS) is 14.6. The summed E-state index contributed by atoms with van der Waals surface area (Å²) in [4.78, 5) is 26.2. The van der Waals surface area contributed by atoms with Crippen molar-refractivity contribution in [1.29, 1.82) is 0 Å². The van der Waals surface area contributed by atoms with E-state index < -0.39 is 11.9 Å². The molecule has 2 aromatic carbocycles. The molecule has 192 valence electrons. The Labute approximate surface area is 210 Å². The number of halogens is 3. The molecule has 0 bridgehead atoms. The molecule has 2 aromatic heterocycles. The van der Waals surface area contributed by atoms with Gasteiger partial charge in [0.25, 0.3) is 5.56 Å². The lowest BCUT2D eigenvalue weighted by molar-refractivity contribution is -0.274. The van der Waals surface area contributed by atoms with Crippen LogP contribution >= 0.6 is 0 Å². The zero-order valence-electron chi connectivity index (χ0n) is 20.1. The summed E-state index contributed by atoms with van der Waals surface area (Å²) < 4.78 is 44.1. The highest BCUT2D eigenvalue weighted by atomic mass is 19.4. The van der Waals surface area contributed by atoms with E-state index >= 15 is 0 Å². The fourth-order valence-corrected chi connectivity index (χ4v) is 4.26. The van der Waals surface area contributed by atoms with Crippen molar-refractivity contribution in [3.05, 3.63) is 82.8 Å². The smallest absolute Gasteiger partial charge is 0.405 e. The third-order valence-electron chi connectivity index (χ3n) is 6.24. The number of nitrogens with one attached hydrogen (secondary N) is 1. The number of anilines is 3. The van der Waals surface area contributed by atoms with Gasteiger partial charge < -0.3 is 19.9 Å². The van der Waals surface area contributed by atoms with Gasteiger partial charge in [-0.15, -0.1) is 13.2 Å². The molecule has 4 aromatic rings. The van der Waals surface area contributed by atoms with Crippen molar-refractivity contribution in [2.75, 3.05) is 43.4 Å². The second kappa shape index (κ2) is 10.1. The van der Waals surface area contributed by atoms with Crippen LogP contribution in [0.4, 0.5) is 30.5 Å². The minimum Gasteiger partial charge on any atom is -0.405 e. The summed E-state index contributed by atoms with van der Waals surface area (Å²) >= 11 is 0. The molecule has 0 saturated carbocycles. The summed E-state index contributed by atoms with van der Waals surface area (Å²) in [5, 5.41) is 3.72. The largest absolute Gasteiger partial charge is 0.573 e. The number of fused-ring (bicyclic) bond motifs is 1. The van der Waals surface area contributed by atoms with Crippen LogP contribution in [0, 0.1) is 0 Å². The van der Waals surface area contributed by atoms with E-state index in [1.54, 1.807) is 18.3 Å². The summed E-state index contributed by atoms with van der Waals surface area (Å²) in [6.45, 7) is 3.80. The van der Waals surface area contributed by atoms with Crippen molar-refractivity contribution in [2.45, 2.75) is 12.9 Å². The lowest BCUT2D eigenvalue weighted by Crippen LogP contribution is -2.44. The van der Waals surface area contributed by atoms with Gasteiger partial charge in [-0.2, -0.15) is 4.98 Å². The Hall–Kier alpha value is -4.12. The van der Waals surface area contributed by atoms with Crippen molar-refractivity contribution in [3.8, 4) is 5.75 Å². The molecule has 0 unspecified atom stereocenters. The van der Waals surface area contributed by atoms with Gasteiger partial charge in [0.1, 0.15) is 11.4 Å². The van der Waals surface area contributed by atoms with E-state index in [-0.39, 0.29) is 23.8 Å². The minimum absolute atomic E-state index is 0.154. The second-order valence-electron chi connectivity index (χ2n) is 8.85. The molecule has 37 heavy (non-hydrogen) atoms. The Morgan fingerprint density at radius 2 is 1.70 bits per heavy atom. The Kier molecular flexibility index (Phi) is 6.70. The van der Waals surface area contributed by atoms with Crippen LogP contribution in [-0.4, -0.2) is 59.0 Å². The number of para-hydroxylation sites is 1. The fraction of sp³-hybridized carbons (Fsp3) is 0.269. The van der Waals surface area contributed by atoms with E-state index in [9.17, 15) is 18.0 Å². The Bertz CT molecular complexity index is 1450. The molecule has 1 aliphatic rings. The van der Waals surface area contributed by atoms with Crippen molar-refractivity contribution < 1.29 is 17.9 Å².